The number of aliphatic imine (C=N–C) groups is 1. The van der Waals surface area contributed by atoms with Crippen LogP contribution in [-0.2, 0) is 24.8 Å². The number of guanidine groups is 1. The fraction of sp³-hybridized carbons (Fsp3) is 0.550. The lowest BCUT2D eigenvalue weighted by Gasteiger charge is -2.19. The summed E-state index contributed by atoms with van der Waals surface area (Å²) in [5.74, 6) is 2.48. The predicted octanol–water partition coefficient (Wildman–Crippen LogP) is 3.14. The number of nitrogens with one attached hydrogen (secondary N) is 2. The summed E-state index contributed by atoms with van der Waals surface area (Å²) in [6.07, 6.45) is 1.97. The Bertz CT molecular complexity index is 729. The molecular formula is C20H33IN6O. The highest BCUT2D eigenvalue weighted by molar-refractivity contribution is 14.0. The van der Waals surface area contributed by atoms with E-state index in [1.807, 2.05) is 18.5 Å². The lowest BCUT2D eigenvalue weighted by Crippen LogP contribution is -2.39. The Kier molecular flexibility index (Phi) is 11.1. The minimum Gasteiger partial charge on any atom is -0.385 e. The molecule has 0 aliphatic carbocycles. The van der Waals surface area contributed by atoms with Crippen LogP contribution in [0.25, 0.3) is 0 Å². The monoisotopic (exact) mass is 500 g/mol. The molecule has 8 heteroatoms. The van der Waals surface area contributed by atoms with Crippen molar-refractivity contribution in [2.24, 2.45) is 12.0 Å². The second-order valence-corrected chi connectivity index (χ2v) is 6.62. The lowest BCUT2D eigenvalue weighted by molar-refractivity contribution is 0.195. The summed E-state index contributed by atoms with van der Waals surface area (Å²) < 4.78 is 7.08. The first-order valence-corrected chi connectivity index (χ1v) is 9.52. The number of aryl methyl sites for hydroxylation is 2. The summed E-state index contributed by atoms with van der Waals surface area (Å²) in [4.78, 5) is 4.70. The molecule has 1 atom stereocenters. The van der Waals surface area contributed by atoms with E-state index in [9.17, 15) is 0 Å². The summed E-state index contributed by atoms with van der Waals surface area (Å²) in [5, 5.41) is 15.1. The van der Waals surface area contributed by atoms with E-state index in [2.05, 4.69) is 58.9 Å². The Hall–Kier alpha value is -1.68. The maximum atomic E-state index is 5.12. The molecule has 0 bridgehead atoms. The molecule has 0 aliphatic heterocycles. The Balaban J connectivity index is 0.00000392. The molecule has 7 nitrogen and oxygen atoms in total. The van der Waals surface area contributed by atoms with Gasteiger partial charge in [0.1, 0.15) is 12.4 Å². The zero-order chi connectivity index (χ0) is 19.6. The molecule has 2 aromatic rings. The predicted molar refractivity (Wildman–Crippen MR) is 124 cm³/mol. The highest BCUT2D eigenvalue weighted by Gasteiger charge is 2.09. The second-order valence-electron chi connectivity index (χ2n) is 6.62. The molecule has 0 aliphatic rings. The maximum absolute atomic E-state index is 5.12. The van der Waals surface area contributed by atoms with Crippen LogP contribution in [0.5, 0.6) is 0 Å². The fourth-order valence-electron chi connectivity index (χ4n) is 2.64. The molecule has 1 aromatic carbocycles. The first-order chi connectivity index (χ1) is 13.0. The molecule has 0 saturated carbocycles. The van der Waals surface area contributed by atoms with Crippen LogP contribution in [-0.4, -0.2) is 41.0 Å². The Morgan fingerprint density at radius 1 is 1.25 bits per heavy atom. The Morgan fingerprint density at radius 2 is 1.96 bits per heavy atom. The molecule has 28 heavy (non-hydrogen) atoms. The van der Waals surface area contributed by atoms with E-state index >= 15 is 0 Å². The van der Waals surface area contributed by atoms with Gasteiger partial charge in [0.25, 0.3) is 0 Å². The molecule has 1 heterocycles. The standard InChI is InChI=1S/C20H32N6O.HI/c1-6-17-8-10-18(11-9-17)15(2)23-20(21-12-7-13-27-5)22-14-19-25-24-16(3)26(19)4;/h8-11,15H,6-7,12-14H2,1-5H3,(H2,21,22,23);1H. The average Bonchev–Trinajstić information content (AvgIpc) is 3.01. The minimum atomic E-state index is 0. The third-order valence-corrected chi connectivity index (χ3v) is 4.62. The third-order valence-electron chi connectivity index (χ3n) is 4.62. The van der Waals surface area contributed by atoms with Gasteiger partial charge in [0.2, 0.25) is 0 Å². The van der Waals surface area contributed by atoms with Gasteiger partial charge in [-0.2, -0.15) is 0 Å². The van der Waals surface area contributed by atoms with Crippen LogP contribution in [0.4, 0.5) is 0 Å². The smallest absolute Gasteiger partial charge is 0.192 e. The van der Waals surface area contributed by atoms with E-state index in [4.69, 9.17) is 9.73 Å². The quantitative estimate of drug-likeness (QED) is 0.240. The van der Waals surface area contributed by atoms with E-state index in [1.165, 1.54) is 11.1 Å². The van der Waals surface area contributed by atoms with Crippen molar-refractivity contribution in [2.45, 2.75) is 46.2 Å². The topological polar surface area (TPSA) is 76.4 Å². The Labute approximate surface area is 185 Å². The summed E-state index contributed by atoms with van der Waals surface area (Å²) in [6, 6.07) is 8.85. The van der Waals surface area contributed by atoms with E-state index in [1.54, 1.807) is 7.11 Å². The zero-order valence-corrected chi connectivity index (χ0v) is 19.9. The van der Waals surface area contributed by atoms with Crippen LogP contribution in [0.15, 0.2) is 29.3 Å². The highest BCUT2D eigenvalue weighted by Crippen LogP contribution is 2.13. The molecule has 0 spiro atoms. The van der Waals surface area contributed by atoms with Gasteiger partial charge in [-0.3, -0.25) is 0 Å². The van der Waals surface area contributed by atoms with Gasteiger partial charge in [0.15, 0.2) is 11.8 Å². The molecular weight excluding hydrogens is 467 g/mol. The van der Waals surface area contributed by atoms with Crippen molar-refractivity contribution in [3.05, 3.63) is 47.0 Å². The van der Waals surface area contributed by atoms with Gasteiger partial charge in [-0.15, -0.1) is 34.2 Å². The van der Waals surface area contributed by atoms with Gasteiger partial charge in [-0.05, 0) is 37.8 Å². The number of methoxy groups -OCH3 is 1. The van der Waals surface area contributed by atoms with Gasteiger partial charge in [0, 0.05) is 27.3 Å². The maximum Gasteiger partial charge on any atom is 0.192 e. The van der Waals surface area contributed by atoms with Gasteiger partial charge < -0.3 is 19.9 Å². The van der Waals surface area contributed by atoms with Crippen LogP contribution in [0.3, 0.4) is 0 Å². The number of nitrogens with zero attached hydrogens (tertiary/aromatic N) is 4. The van der Waals surface area contributed by atoms with Gasteiger partial charge in [-0.1, -0.05) is 31.2 Å². The van der Waals surface area contributed by atoms with E-state index in [0.29, 0.717) is 6.54 Å². The number of ether oxygens (including phenoxy) is 1. The fourth-order valence-corrected chi connectivity index (χ4v) is 2.64. The lowest BCUT2D eigenvalue weighted by atomic mass is 10.1. The highest BCUT2D eigenvalue weighted by atomic mass is 127. The minimum absolute atomic E-state index is 0. The molecule has 2 rings (SSSR count). The molecule has 1 unspecified atom stereocenters. The van der Waals surface area contributed by atoms with Crippen molar-refractivity contribution in [2.75, 3.05) is 20.3 Å². The summed E-state index contributed by atoms with van der Waals surface area (Å²) in [5.41, 5.74) is 2.57. The van der Waals surface area contributed by atoms with Crippen molar-refractivity contribution < 1.29 is 4.74 Å². The van der Waals surface area contributed by atoms with Crippen LogP contribution in [0.2, 0.25) is 0 Å². The molecule has 0 fully saturated rings. The van der Waals surface area contributed by atoms with Gasteiger partial charge in [0.05, 0.1) is 6.04 Å². The van der Waals surface area contributed by atoms with Crippen molar-refractivity contribution in [1.29, 1.82) is 0 Å². The number of hydrogen-bond acceptors (Lipinski definition) is 4. The van der Waals surface area contributed by atoms with Crippen molar-refractivity contribution in [3.63, 3.8) is 0 Å². The van der Waals surface area contributed by atoms with Crippen LogP contribution >= 0.6 is 24.0 Å². The molecule has 156 valence electrons. The number of benzene rings is 1. The SMILES string of the molecule is CCc1ccc(C(C)NC(=NCc2nnc(C)n2C)NCCCOC)cc1.I. The number of hydrogen-bond donors (Lipinski definition) is 2. The van der Waals surface area contributed by atoms with Crippen LogP contribution < -0.4 is 10.6 Å². The van der Waals surface area contributed by atoms with Gasteiger partial charge in [-0.25, -0.2) is 4.99 Å². The first kappa shape index (κ1) is 24.4. The summed E-state index contributed by atoms with van der Waals surface area (Å²) in [6.45, 7) is 8.22. The van der Waals surface area contributed by atoms with Crippen molar-refractivity contribution >= 4 is 29.9 Å². The molecule has 2 N–H and O–H groups in total. The number of halogens is 1. The number of rotatable bonds is 9. The molecule has 1 aromatic heterocycles. The van der Waals surface area contributed by atoms with E-state index in [0.717, 1.165) is 43.6 Å². The summed E-state index contributed by atoms with van der Waals surface area (Å²) in [7, 11) is 3.67. The van der Waals surface area contributed by atoms with Gasteiger partial charge >= 0.3 is 0 Å². The van der Waals surface area contributed by atoms with Crippen molar-refractivity contribution in [1.82, 2.24) is 25.4 Å². The largest absolute Gasteiger partial charge is 0.385 e. The van der Waals surface area contributed by atoms with E-state index < -0.39 is 0 Å². The Morgan fingerprint density at radius 3 is 2.54 bits per heavy atom. The van der Waals surface area contributed by atoms with Crippen molar-refractivity contribution in [3.8, 4) is 0 Å². The van der Waals surface area contributed by atoms with E-state index in [-0.39, 0.29) is 30.0 Å². The second kappa shape index (κ2) is 12.7. The zero-order valence-electron chi connectivity index (χ0n) is 17.5. The third kappa shape index (κ3) is 7.38. The molecule has 0 radical (unpaired) electrons. The molecule has 0 saturated heterocycles. The van der Waals surface area contributed by atoms with Crippen LogP contribution in [0.1, 0.15) is 49.1 Å². The summed E-state index contributed by atoms with van der Waals surface area (Å²) >= 11 is 0. The number of aromatic nitrogens is 3. The van der Waals surface area contributed by atoms with Crippen LogP contribution in [0, 0.1) is 6.92 Å². The normalized spacial score (nSPS) is 12.4. The first-order valence-electron chi connectivity index (χ1n) is 9.52. The average molecular weight is 500 g/mol. The molecule has 0 amide bonds.